The number of carbonyl (C=O) groups excluding carboxylic acids is 2. The maximum Gasteiger partial charge on any atom is 0.358 e. The molecule has 3 heterocycles. The first-order valence-corrected chi connectivity index (χ1v) is 10.5. The van der Waals surface area contributed by atoms with Gasteiger partial charge in [-0.05, 0) is 43.5 Å². The second-order valence-corrected chi connectivity index (χ2v) is 7.39. The first-order chi connectivity index (χ1) is 14.5. The van der Waals surface area contributed by atoms with E-state index in [1.165, 1.54) is 0 Å². The fourth-order valence-electron chi connectivity index (χ4n) is 3.75. The molecule has 1 aromatic carbocycles. The summed E-state index contributed by atoms with van der Waals surface area (Å²) >= 11 is 0. The SMILES string of the molecule is CC.CCOC(=O)c1cc2nc(-c3ccc4c(c3)CN(C)C4=O)cc(C3CC3)n2n1. The van der Waals surface area contributed by atoms with Crippen LogP contribution in [0.3, 0.4) is 0 Å². The lowest BCUT2D eigenvalue weighted by atomic mass is 10.0. The van der Waals surface area contributed by atoms with Gasteiger partial charge in [-0.1, -0.05) is 19.9 Å². The van der Waals surface area contributed by atoms with Crippen molar-refractivity contribution in [3.8, 4) is 11.3 Å². The molecule has 1 fully saturated rings. The van der Waals surface area contributed by atoms with Crippen molar-refractivity contribution in [2.45, 2.75) is 46.1 Å². The number of fused-ring (bicyclic) bond motifs is 2. The van der Waals surface area contributed by atoms with E-state index in [1.54, 1.807) is 29.5 Å². The van der Waals surface area contributed by atoms with Gasteiger partial charge in [0.05, 0.1) is 12.3 Å². The number of nitrogens with zero attached hydrogens (tertiary/aromatic N) is 4. The van der Waals surface area contributed by atoms with Crippen molar-refractivity contribution >= 4 is 17.5 Å². The summed E-state index contributed by atoms with van der Waals surface area (Å²) in [5, 5.41) is 4.43. The molecule has 1 amide bonds. The molecular weight excluding hydrogens is 380 g/mol. The number of esters is 1. The van der Waals surface area contributed by atoms with Crippen LogP contribution in [0.1, 0.15) is 71.6 Å². The molecule has 1 aliphatic heterocycles. The van der Waals surface area contributed by atoms with Crippen LogP contribution in [0.25, 0.3) is 16.9 Å². The average Bonchev–Trinajstić information content (AvgIpc) is 3.45. The Labute approximate surface area is 175 Å². The number of benzene rings is 1. The summed E-state index contributed by atoms with van der Waals surface area (Å²) in [6.45, 7) is 6.69. The summed E-state index contributed by atoms with van der Waals surface area (Å²) in [6.07, 6.45) is 2.22. The van der Waals surface area contributed by atoms with Crippen LogP contribution in [0.4, 0.5) is 0 Å². The number of carbonyl (C=O) groups is 2. The maximum absolute atomic E-state index is 12.1. The number of ether oxygens (including phenoxy) is 1. The van der Waals surface area contributed by atoms with Gasteiger partial charge in [-0.25, -0.2) is 14.3 Å². The van der Waals surface area contributed by atoms with Crippen molar-refractivity contribution in [3.05, 3.63) is 52.8 Å². The summed E-state index contributed by atoms with van der Waals surface area (Å²) in [5.41, 5.74) is 5.53. The maximum atomic E-state index is 12.1. The minimum Gasteiger partial charge on any atom is -0.461 e. The molecule has 3 aromatic rings. The van der Waals surface area contributed by atoms with Crippen molar-refractivity contribution in [2.24, 2.45) is 0 Å². The number of aromatic nitrogens is 3. The van der Waals surface area contributed by atoms with Crippen molar-refractivity contribution in [1.82, 2.24) is 19.5 Å². The third kappa shape index (κ3) is 3.44. The van der Waals surface area contributed by atoms with Gasteiger partial charge in [0.25, 0.3) is 5.91 Å². The second kappa shape index (κ2) is 7.89. The van der Waals surface area contributed by atoms with E-state index in [1.807, 2.05) is 32.0 Å². The van der Waals surface area contributed by atoms with E-state index in [0.717, 1.165) is 40.9 Å². The standard InChI is InChI=1S/C21H20N4O3.C2H6/c1-3-28-21(27)17-10-19-22-16(9-18(12-4-5-12)25(19)23-17)13-6-7-15-14(8-13)11-24(2)20(15)26;1-2/h6-10,12H,3-5,11H2,1-2H3;1-2H3. The molecule has 5 rings (SSSR count). The lowest BCUT2D eigenvalue weighted by Crippen LogP contribution is -2.17. The Bertz CT molecular complexity index is 1130. The van der Waals surface area contributed by atoms with Gasteiger partial charge >= 0.3 is 5.97 Å². The molecule has 0 saturated heterocycles. The van der Waals surface area contributed by atoms with Gasteiger partial charge in [-0.3, -0.25) is 4.79 Å². The number of hydrogen-bond donors (Lipinski definition) is 0. The monoisotopic (exact) mass is 406 g/mol. The van der Waals surface area contributed by atoms with Crippen molar-refractivity contribution < 1.29 is 14.3 Å². The van der Waals surface area contributed by atoms with Crippen molar-refractivity contribution in [2.75, 3.05) is 13.7 Å². The Balaban J connectivity index is 0.00000106. The van der Waals surface area contributed by atoms with Gasteiger partial charge in [0.1, 0.15) is 0 Å². The molecule has 2 aromatic heterocycles. The summed E-state index contributed by atoms with van der Waals surface area (Å²) in [6, 6.07) is 9.58. The van der Waals surface area contributed by atoms with E-state index in [9.17, 15) is 9.59 Å². The molecule has 7 nitrogen and oxygen atoms in total. The molecule has 156 valence electrons. The molecule has 0 atom stereocenters. The van der Waals surface area contributed by atoms with Gasteiger partial charge < -0.3 is 9.64 Å². The fraction of sp³-hybridized carbons (Fsp3) is 0.391. The van der Waals surface area contributed by atoms with Crippen LogP contribution in [0, 0.1) is 0 Å². The minimum atomic E-state index is -0.435. The Morgan fingerprint density at radius 2 is 1.97 bits per heavy atom. The van der Waals surface area contributed by atoms with Crippen molar-refractivity contribution in [1.29, 1.82) is 0 Å². The molecule has 7 heteroatoms. The largest absolute Gasteiger partial charge is 0.461 e. The molecule has 0 spiro atoms. The Hall–Kier alpha value is -3.22. The highest BCUT2D eigenvalue weighted by Crippen LogP contribution is 2.41. The topological polar surface area (TPSA) is 76.8 Å². The highest BCUT2D eigenvalue weighted by Gasteiger charge is 2.29. The highest BCUT2D eigenvalue weighted by atomic mass is 16.5. The quantitative estimate of drug-likeness (QED) is 0.611. The lowest BCUT2D eigenvalue weighted by molar-refractivity contribution is 0.0519. The van der Waals surface area contributed by atoms with Gasteiger partial charge in [0.15, 0.2) is 11.3 Å². The molecule has 0 radical (unpaired) electrons. The highest BCUT2D eigenvalue weighted by molar-refractivity contribution is 5.98. The zero-order chi connectivity index (χ0) is 21.4. The first kappa shape index (κ1) is 20.1. The van der Waals surface area contributed by atoms with Crippen LogP contribution < -0.4 is 0 Å². The van der Waals surface area contributed by atoms with E-state index >= 15 is 0 Å². The van der Waals surface area contributed by atoms with Crippen LogP contribution in [-0.4, -0.2) is 45.0 Å². The normalized spacial score (nSPS) is 15.1. The van der Waals surface area contributed by atoms with Crippen LogP contribution in [0.15, 0.2) is 30.3 Å². The zero-order valence-electron chi connectivity index (χ0n) is 17.8. The first-order valence-electron chi connectivity index (χ1n) is 10.5. The third-order valence-electron chi connectivity index (χ3n) is 5.32. The predicted molar refractivity (Wildman–Crippen MR) is 114 cm³/mol. The van der Waals surface area contributed by atoms with Crippen LogP contribution in [0.5, 0.6) is 0 Å². The summed E-state index contributed by atoms with van der Waals surface area (Å²) in [5.74, 6) is 0.0511. The molecular formula is C23H26N4O3. The van der Waals surface area contributed by atoms with Crippen molar-refractivity contribution in [3.63, 3.8) is 0 Å². The number of amides is 1. The van der Waals surface area contributed by atoms with Gasteiger partial charge in [-0.2, -0.15) is 5.10 Å². The Kier molecular flexibility index (Phi) is 5.28. The third-order valence-corrected chi connectivity index (χ3v) is 5.32. The van der Waals surface area contributed by atoms with Gasteiger partial charge in [-0.15, -0.1) is 0 Å². The Morgan fingerprint density at radius 1 is 1.20 bits per heavy atom. The average molecular weight is 406 g/mol. The smallest absolute Gasteiger partial charge is 0.358 e. The fourth-order valence-corrected chi connectivity index (χ4v) is 3.75. The molecule has 0 bridgehead atoms. The van der Waals surface area contributed by atoms with E-state index < -0.39 is 5.97 Å². The van der Waals surface area contributed by atoms with Gasteiger partial charge in [0, 0.05) is 42.4 Å². The van der Waals surface area contributed by atoms with Crippen LogP contribution in [0.2, 0.25) is 0 Å². The minimum absolute atomic E-state index is 0.0542. The summed E-state index contributed by atoms with van der Waals surface area (Å²) in [4.78, 5) is 30.7. The Morgan fingerprint density at radius 3 is 2.67 bits per heavy atom. The molecule has 1 aliphatic carbocycles. The molecule has 0 N–H and O–H groups in total. The number of rotatable bonds is 4. The predicted octanol–water partition coefficient (Wildman–Crippen LogP) is 4.06. The lowest BCUT2D eigenvalue weighted by Gasteiger charge is -2.08. The second-order valence-electron chi connectivity index (χ2n) is 7.39. The number of hydrogen-bond acceptors (Lipinski definition) is 5. The molecule has 2 aliphatic rings. The summed E-state index contributed by atoms with van der Waals surface area (Å²) < 4.78 is 6.84. The molecule has 0 unspecified atom stereocenters. The van der Waals surface area contributed by atoms with E-state index in [2.05, 4.69) is 11.2 Å². The van der Waals surface area contributed by atoms with E-state index in [4.69, 9.17) is 9.72 Å². The zero-order valence-corrected chi connectivity index (χ0v) is 17.8. The molecule has 1 saturated carbocycles. The summed E-state index contributed by atoms with van der Waals surface area (Å²) in [7, 11) is 1.81. The van der Waals surface area contributed by atoms with Gasteiger partial charge in [0.2, 0.25) is 0 Å². The van der Waals surface area contributed by atoms with E-state index in [-0.39, 0.29) is 11.6 Å². The van der Waals surface area contributed by atoms with E-state index in [0.29, 0.717) is 24.7 Å². The van der Waals surface area contributed by atoms with Crippen LogP contribution >= 0.6 is 0 Å². The van der Waals surface area contributed by atoms with Crippen LogP contribution in [-0.2, 0) is 11.3 Å². The molecule has 30 heavy (non-hydrogen) atoms.